The van der Waals surface area contributed by atoms with Crippen LogP contribution in [-0.2, 0) is 6.18 Å². The summed E-state index contributed by atoms with van der Waals surface area (Å²) >= 11 is 23.4. The van der Waals surface area contributed by atoms with Crippen molar-refractivity contribution in [1.29, 1.82) is 0 Å². The van der Waals surface area contributed by atoms with Crippen molar-refractivity contribution in [3.05, 3.63) is 64.7 Å². The van der Waals surface area contributed by atoms with E-state index in [1.807, 2.05) is 0 Å². The fourth-order valence-corrected chi connectivity index (χ4v) is 2.51. The van der Waals surface area contributed by atoms with Gasteiger partial charge in [-0.15, -0.1) is 0 Å². The Morgan fingerprint density at radius 1 is 1.00 bits per heavy atom. The SMILES string of the molecule is O=C(N[C@H](Nc1cccc(C(F)(F)F)c1)C(Cl)(Cl)Cl)c1cccc(Cl)c1. The number of rotatable bonds is 4. The molecule has 2 N–H and O–H groups in total. The molecule has 1 atom stereocenters. The second kappa shape index (κ2) is 8.13. The summed E-state index contributed by atoms with van der Waals surface area (Å²) in [5.74, 6) is -0.622. The highest BCUT2D eigenvalue weighted by molar-refractivity contribution is 6.68. The average Bonchev–Trinajstić information content (AvgIpc) is 2.53. The summed E-state index contributed by atoms with van der Waals surface area (Å²) in [6.45, 7) is 0. The van der Waals surface area contributed by atoms with Gasteiger partial charge in [0, 0.05) is 16.3 Å². The molecule has 2 aromatic rings. The van der Waals surface area contributed by atoms with Gasteiger partial charge in [-0.1, -0.05) is 58.5 Å². The second-order valence-corrected chi connectivity index (χ2v) is 7.99. The Kier molecular flexibility index (Phi) is 6.55. The van der Waals surface area contributed by atoms with Crippen LogP contribution in [0.3, 0.4) is 0 Å². The molecule has 0 saturated heterocycles. The van der Waals surface area contributed by atoms with Crippen molar-refractivity contribution < 1.29 is 18.0 Å². The van der Waals surface area contributed by atoms with Crippen molar-refractivity contribution in [2.45, 2.75) is 16.1 Å². The van der Waals surface area contributed by atoms with Gasteiger partial charge in [0.2, 0.25) is 3.79 Å². The highest BCUT2D eigenvalue weighted by Gasteiger charge is 2.35. The van der Waals surface area contributed by atoms with Crippen molar-refractivity contribution in [3.63, 3.8) is 0 Å². The number of hydrogen-bond donors (Lipinski definition) is 2. The molecule has 0 aliphatic carbocycles. The molecule has 0 saturated carbocycles. The Hall–Kier alpha value is -1.34. The number of halogens is 7. The van der Waals surface area contributed by atoms with E-state index in [-0.39, 0.29) is 11.3 Å². The highest BCUT2D eigenvalue weighted by atomic mass is 35.6. The maximum absolute atomic E-state index is 12.8. The highest BCUT2D eigenvalue weighted by Crippen LogP contribution is 2.34. The van der Waals surface area contributed by atoms with Crippen LogP contribution >= 0.6 is 46.4 Å². The van der Waals surface area contributed by atoms with Crippen molar-refractivity contribution in [2.75, 3.05) is 5.32 Å². The number of anilines is 1. The molecule has 0 bridgehead atoms. The van der Waals surface area contributed by atoms with E-state index in [9.17, 15) is 18.0 Å². The molecule has 2 rings (SSSR count). The van der Waals surface area contributed by atoms with E-state index < -0.39 is 27.6 Å². The van der Waals surface area contributed by atoms with Crippen LogP contribution in [0.25, 0.3) is 0 Å². The van der Waals surface area contributed by atoms with Crippen LogP contribution in [0.4, 0.5) is 18.9 Å². The monoisotopic (exact) mass is 444 g/mol. The molecule has 2 aromatic carbocycles. The lowest BCUT2D eigenvalue weighted by Crippen LogP contribution is -2.49. The summed E-state index contributed by atoms with van der Waals surface area (Å²) in [7, 11) is 0. The normalized spacial score (nSPS) is 13.2. The van der Waals surface area contributed by atoms with Gasteiger partial charge in [-0.3, -0.25) is 4.79 Å². The fourth-order valence-electron chi connectivity index (χ4n) is 2.00. The number of alkyl halides is 6. The van der Waals surface area contributed by atoms with Gasteiger partial charge >= 0.3 is 6.18 Å². The summed E-state index contributed by atoms with van der Waals surface area (Å²) in [6, 6.07) is 10.3. The van der Waals surface area contributed by atoms with Crippen molar-refractivity contribution in [1.82, 2.24) is 5.32 Å². The predicted octanol–water partition coefficient (Wildman–Crippen LogP) is 5.90. The van der Waals surface area contributed by atoms with Crippen LogP contribution in [0.1, 0.15) is 15.9 Å². The van der Waals surface area contributed by atoms with Gasteiger partial charge in [-0.25, -0.2) is 0 Å². The first-order chi connectivity index (χ1) is 12.0. The Morgan fingerprint density at radius 3 is 2.23 bits per heavy atom. The number of hydrogen-bond acceptors (Lipinski definition) is 2. The smallest absolute Gasteiger partial charge is 0.362 e. The molecule has 0 spiro atoms. The first-order valence-corrected chi connectivity index (χ1v) is 8.55. The van der Waals surface area contributed by atoms with Gasteiger partial charge in [-0.05, 0) is 36.4 Å². The Labute approximate surface area is 167 Å². The minimum absolute atomic E-state index is 0.0162. The summed E-state index contributed by atoms with van der Waals surface area (Å²) in [6.07, 6.45) is -5.83. The average molecular weight is 446 g/mol. The summed E-state index contributed by atoms with van der Waals surface area (Å²) in [4.78, 5) is 12.3. The van der Waals surface area contributed by atoms with E-state index >= 15 is 0 Å². The largest absolute Gasteiger partial charge is 0.416 e. The number of nitrogens with one attached hydrogen (secondary N) is 2. The molecular weight excluding hydrogens is 435 g/mol. The Morgan fingerprint density at radius 2 is 1.65 bits per heavy atom. The van der Waals surface area contributed by atoms with Crippen LogP contribution in [0.2, 0.25) is 5.02 Å². The third-order valence-corrected chi connectivity index (χ3v) is 4.08. The maximum atomic E-state index is 12.8. The van der Waals surface area contributed by atoms with Gasteiger partial charge in [0.1, 0.15) is 6.17 Å². The standard InChI is InChI=1S/C16H11Cl4F3N2O/c17-11-5-1-3-9(7-11)13(26)25-14(15(18,19)20)24-12-6-2-4-10(8-12)16(21,22)23/h1-8,14,24H,(H,25,26)/t14-/m0/s1. The van der Waals surface area contributed by atoms with Gasteiger partial charge in [0.25, 0.3) is 5.91 Å². The van der Waals surface area contributed by atoms with E-state index in [0.717, 1.165) is 12.1 Å². The Balaban J connectivity index is 2.22. The van der Waals surface area contributed by atoms with Gasteiger partial charge < -0.3 is 10.6 Å². The van der Waals surface area contributed by atoms with Crippen molar-refractivity contribution in [2.24, 2.45) is 0 Å². The Bertz CT molecular complexity index is 794. The molecule has 0 aromatic heterocycles. The summed E-state index contributed by atoms with van der Waals surface area (Å²) in [5, 5.41) is 5.34. The van der Waals surface area contributed by atoms with Gasteiger partial charge in [-0.2, -0.15) is 13.2 Å². The molecular formula is C16H11Cl4F3N2O. The van der Waals surface area contributed by atoms with Crippen LogP contribution in [0, 0.1) is 0 Å². The quantitative estimate of drug-likeness (QED) is 0.454. The second-order valence-electron chi connectivity index (χ2n) is 5.18. The number of carbonyl (C=O) groups excluding carboxylic acids is 1. The number of amides is 1. The number of benzene rings is 2. The lowest BCUT2D eigenvalue weighted by Gasteiger charge is -2.27. The van der Waals surface area contributed by atoms with Crippen LogP contribution in [0.5, 0.6) is 0 Å². The van der Waals surface area contributed by atoms with E-state index in [4.69, 9.17) is 46.4 Å². The molecule has 0 radical (unpaired) electrons. The molecule has 26 heavy (non-hydrogen) atoms. The molecule has 3 nitrogen and oxygen atoms in total. The zero-order valence-electron chi connectivity index (χ0n) is 12.8. The molecule has 0 aliphatic rings. The van der Waals surface area contributed by atoms with E-state index in [1.54, 1.807) is 12.1 Å². The lowest BCUT2D eigenvalue weighted by molar-refractivity contribution is -0.137. The van der Waals surface area contributed by atoms with E-state index in [0.29, 0.717) is 5.02 Å². The fraction of sp³-hybridized carbons (Fsp3) is 0.188. The first kappa shape index (κ1) is 21.0. The van der Waals surface area contributed by atoms with E-state index in [2.05, 4.69) is 10.6 Å². The molecule has 0 unspecified atom stereocenters. The first-order valence-electron chi connectivity index (χ1n) is 7.04. The van der Waals surface area contributed by atoms with Gasteiger partial charge in [0.05, 0.1) is 5.56 Å². The van der Waals surface area contributed by atoms with Crippen molar-refractivity contribution in [3.8, 4) is 0 Å². The molecule has 1 amide bonds. The molecule has 0 aliphatic heterocycles. The predicted molar refractivity (Wildman–Crippen MR) is 98.1 cm³/mol. The topological polar surface area (TPSA) is 41.1 Å². The number of carbonyl (C=O) groups is 1. The van der Waals surface area contributed by atoms with Crippen molar-refractivity contribution >= 4 is 58.0 Å². The molecule has 140 valence electrons. The van der Waals surface area contributed by atoms with Crippen LogP contribution in [-0.4, -0.2) is 15.9 Å². The third kappa shape index (κ3) is 5.84. The minimum Gasteiger partial charge on any atom is -0.362 e. The summed E-state index contributed by atoms with van der Waals surface area (Å²) in [5.41, 5.74) is -0.670. The zero-order chi connectivity index (χ0) is 19.5. The third-order valence-electron chi connectivity index (χ3n) is 3.19. The zero-order valence-corrected chi connectivity index (χ0v) is 15.8. The van der Waals surface area contributed by atoms with E-state index in [1.165, 1.54) is 24.3 Å². The van der Waals surface area contributed by atoms with Crippen LogP contribution in [0.15, 0.2) is 48.5 Å². The lowest BCUT2D eigenvalue weighted by atomic mass is 10.2. The molecule has 0 heterocycles. The summed E-state index contributed by atoms with van der Waals surface area (Å²) < 4.78 is 36.4. The maximum Gasteiger partial charge on any atom is 0.416 e. The van der Waals surface area contributed by atoms with Gasteiger partial charge in [0.15, 0.2) is 0 Å². The minimum atomic E-state index is -4.53. The molecule has 0 fully saturated rings. The molecule has 10 heteroatoms. The van der Waals surface area contributed by atoms with Crippen LogP contribution < -0.4 is 10.6 Å².